The van der Waals surface area contributed by atoms with Crippen molar-refractivity contribution in [1.82, 2.24) is 0 Å². The van der Waals surface area contributed by atoms with Crippen molar-refractivity contribution in [2.45, 2.75) is 6.92 Å². The van der Waals surface area contributed by atoms with E-state index in [4.69, 9.17) is 19.7 Å². The number of rotatable bonds is 4. The Morgan fingerprint density at radius 3 is 1.72 bits per heavy atom. The van der Waals surface area contributed by atoms with Crippen LogP contribution in [0.15, 0.2) is 0 Å². The van der Waals surface area contributed by atoms with Gasteiger partial charge in [0.25, 0.3) is 0 Å². The highest BCUT2D eigenvalue weighted by Gasteiger charge is 2.30. The van der Waals surface area contributed by atoms with E-state index in [0.717, 1.165) is 0 Å². The minimum atomic E-state index is -1.56. The summed E-state index contributed by atoms with van der Waals surface area (Å²) in [6.07, 6.45) is 0. The molecule has 0 spiro atoms. The molecule has 0 atom stereocenters. The third-order valence-corrected chi connectivity index (χ3v) is 2.46. The van der Waals surface area contributed by atoms with Crippen molar-refractivity contribution in [1.29, 1.82) is 0 Å². The predicted octanol–water partition coefficient (Wildman–Crippen LogP) is 1.11. The first-order valence-corrected chi connectivity index (χ1v) is 4.80. The van der Waals surface area contributed by atoms with Crippen LogP contribution in [-0.4, -0.2) is 41.5 Å². The van der Waals surface area contributed by atoms with Gasteiger partial charge in [0.1, 0.15) is 5.56 Å². The molecule has 1 aromatic rings. The molecule has 0 radical (unpaired) electrons. The van der Waals surface area contributed by atoms with Gasteiger partial charge in [0, 0.05) is 5.56 Å². The van der Waals surface area contributed by atoms with Gasteiger partial charge in [0.15, 0.2) is 11.5 Å². The van der Waals surface area contributed by atoms with Crippen LogP contribution in [0.1, 0.15) is 26.3 Å². The van der Waals surface area contributed by atoms with E-state index < -0.39 is 28.8 Å². The molecule has 0 unspecified atom stereocenters. The van der Waals surface area contributed by atoms with Crippen LogP contribution >= 0.6 is 0 Å². The first kappa shape index (κ1) is 13.6. The normalized spacial score (nSPS) is 9.94. The first-order valence-electron chi connectivity index (χ1n) is 4.80. The van der Waals surface area contributed by atoms with Gasteiger partial charge in [-0.25, -0.2) is 9.59 Å². The number of phenols is 1. The highest BCUT2D eigenvalue weighted by Crippen LogP contribution is 2.44. The van der Waals surface area contributed by atoms with Crippen molar-refractivity contribution in [2.75, 3.05) is 14.2 Å². The number of methoxy groups -OCH3 is 2. The van der Waals surface area contributed by atoms with E-state index in [1.165, 1.54) is 21.1 Å². The number of aromatic hydroxyl groups is 1. The minimum absolute atomic E-state index is 0.0163. The third kappa shape index (κ3) is 1.90. The van der Waals surface area contributed by atoms with E-state index in [1.54, 1.807) is 0 Å². The summed E-state index contributed by atoms with van der Waals surface area (Å²) in [5.74, 6) is -4.03. The van der Waals surface area contributed by atoms with Crippen molar-refractivity contribution < 1.29 is 34.4 Å². The summed E-state index contributed by atoms with van der Waals surface area (Å²) >= 11 is 0. The second kappa shape index (κ2) is 4.82. The van der Waals surface area contributed by atoms with Gasteiger partial charge < -0.3 is 24.8 Å². The van der Waals surface area contributed by atoms with E-state index >= 15 is 0 Å². The number of benzene rings is 1. The van der Waals surface area contributed by atoms with E-state index in [9.17, 15) is 14.7 Å². The summed E-state index contributed by atoms with van der Waals surface area (Å²) in [7, 11) is 2.47. The smallest absolute Gasteiger partial charge is 0.340 e. The molecule has 0 bridgehead atoms. The lowest BCUT2D eigenvalue weighted by atomic mass is 9.98. The molecule has 7 heteroatoms. The second-order valence-corrected chi connectivity index (χ2v) is 3.40. The average molecular weight is 256 g/mol. The van der Waals surface area contributed by atoms with Crippen LogP contribution in [0.5, 0.6) is 17.2 Å². The van der Waals surface area contributed by atoms with Crippen LogP contribution in [0, 0.1) is 6.92 Å². The molecule has 18 heavy (non-hydrogen) atoms. The fraction of sp³-hybridized carbons (Fsp3) is 0.273. The largest absolute Gasteiger partial charge is 0.504 e. The van der Waals surface area contributed by atoms with Crippen LogP contribution in [0.4, 0.5) is 0 Å². The summed E-state index contributed by atoms with van der Waals surface area (Å²) in [5.41, 5.74) is -1.19. The molecule has 1 rings (SSSR count). The van der Waals surface area contributed by atoms with E-state index in [-0.39, 0.29) is 17.1 Å². The van der Waals surface area contributed by atoms with E-state index in [0.29, 0.717) is 0 Å². The molecule has 0 saturated heterocycles. The summed E-state index contributed by atoms with van der Waals surface area (Å²) < 4.78 is 9.77. The van der Waals surface area contributed by atoms with Gasteiger partial charge in [-0.15, -0.1) is 0 Å². The summed E-state index contributed by atoms with van der Waals surface area (Å²) in [5, 5.41) is 27.8. The molecule has 0 amide bonds. The standard InChI is InChI=1S/C11H12O7/c1-4-5(10(13)14)6(11(15)16)7(12)9(18-3)8(4)17-2/h12H,1-3H3,(H,13,14)(H,15,16). The molecule has 3 N–H and O–H groups in total. The van der Waals surface area contributed by atoms with Crippen LogP contribution < -0.4 is 9.47 Å². The Hall–Kier alpha value is -2.44. The number of aromatic carboxylic acids is 2. The van der Waals surface area contributed by atoms with Gasteiger partial charge >= 0.3 is 11.9 Å². The highest BCUT2D eigenvalue weighted by atomic mass is 16.5. The summed E-state index contributed by atoms with van der Waals surface area (Å²) in [6, 6.07) is 0. The molecule has 98 valence electrons. The average Bonchev–Trinajstić information content (AvgIpc) is 2.29. The lowest BCUT2D eigenvalue weighted by molar-refractivity contribution is 0.0646. The number of carboxylic acid groups (broad SMARTS) is 2. The van der Waals surface area contributed by atoms with Crippen LogP contribution in [0.2, 0.25) is 0 Å². The molecule has 0 aliphatic rings. The Labute approximate surface area is 102 Å². The first-order chi connectivity index (χ1) is 8.36. The summed E-state index contributed by atoms with van der Waals surface area (Å²) in [6.45, 7) is 1.37. The monoisotopic (exact) mass is 256 g/mol. The molecular weight excluding hydrogens is 244 g/mol. The number of hydrogen-bond acceptors (Lipinski definition) is 5. The van der Waals surface area contributed by atoms with Crippen LogP contribution in [-0.2, 0) is 0 Å². The molecule has 0 saturated carbocycles. The van der Waals surface area contributed by atoms with Gasteiger partial charge in [-0.3, -0.25) is 0 Å². The zero-order valence-electron chi connectivity index (χ0n) is 9.97. The fourth-order valence-electron chi connectivity index (χ4n) is 1.72. The third-order valence-electron chi connectivity index (χ3n) is 2.46. The van der Waals surface area contributed by atoms with Crippen LogP contribution in [0.25, 0.3) is 0 Å². The molecule has 0 aliphatic heterocycles. The zero-order valence-corrected chi connectivity index (χ0v) is 9.97. The Kier molecular flexibility index (Phi) is 3.65. The Balaban J connectivity index is 3.86. The minimum Gasteiger partial charge on any atom is -0.504 e. The van der Waals surface area contributed by atoms with E-state index in [2.05, 4.69) is 0 Å². The van der Waals surface area contributed by atoms with E-state index in [1.807, 2.05) is 0 Å². The quantitative estimate of drug-likeness (QED) is 0.739. The van der Waals surface area contributed by atoms with Crippen molar-refractivity contribution in [3.8, 4) is 17.2 Å². The maximum atomic E-state index is 11.1. The number of hydrogen-bond donors (Lipinski definition) is 3. The van der Waals surface area contributed by atoms with Gasteiger partial charge in [-0.1, -0.05) is 0 Å². The highest BCUT2D eigenvalue weighted by molar-refractivity contribution is 6.06. The Morgan fingerprint density at radius 2 is 1.39 bits per heavy atom. The fourth-order valence-corrected chi connectivity index (χ4v) is 1.72. The topological polar surface area (TPSA) is 113 Å². The van der Waals surface area contributed by atoms with Crippen molar-refractivity contribution in [3.63, 3.8) is 0 Å². The number of carbonyl (C=O) groups is 2. The maximum Gasteiger partial charge on any atom is 0.340 e. The van der Waals surface area contributed by atoms with Crippen molar-refractivity contribution >= 4 is 11.9 Å². The molecule has 0 heterocycles. The Morgan fingerprint density at radius 1 is 0.944 bits per heavy atom. The molecule has 7 nitrogen and oxygen atoms in total. The number of carboxylic acids is 2. The second-order valence-electron chi connectivity index (χ2n) is 3.40. The molecule has 0 aliphatic carbocycles. The maximum absolute atomic E-state index is 11.1. The van der Waals surface area contributed by atoms with Gasteiger partial charge in [0.05, 0.1) is 19.8 Å². The Bertz CT molecular complexity index is 472. The molecule has 0 aromatic heterocycles. The predicted molar refractivity (Wildman–Crippen MR) is 59.9 cm³/mol. The SMILES string of the molecule is COc1c(C)c(C(=O)O)c(C(=O)O)c(O)c1OC. The van der Waals surface area contributed by atoms with Crippen molar-refractivity contribution in [3.05, 3.63) is 16.7 Å². The van der Waals surface area contributed by atoms with Crippen LogP contribution in [0.3, 0.4) is 0 Å². The summed E-state index contributed by atoms with van der Waals surface area (Å²) in [4.78, 5) is 22.1. The lowest BCUT2D eigenvalue weighted by Gasteiger charge is -2.16. The molecular formula is C11H12O7. The molecule has 0 fully saturated rings. The van der Waals surface area contributed by atoms with Gasteiger partial charge in [-0.05, 0) is 6.92 Å². The van der Waals surface area contributed by atoms with Crippen molar-refractivity contribution in [2.24, 2.45) is 0 Å². The number of ether oxygens (including phenoxy) is 2. The van der Waals surface area contributed by atoms with Gasteiger partial charge in [-0.2, -0.15) is 0 Å². The zero-order chi connectivity index (χ0) is 14.0. The van der Waals surface area contributed by atoms with Gasteiger partial charge in [0.2, 0.25) is 5.75 Å². The molecule has 1 aromatic carbocycles. The lowest BCUT2D eigenvalue weighted by Crippen LogP contribution is -2.12.